The van der Waals surface area contributed by atoms with Crippen molar-refractivity contribution < 1.29 is 5.11 Å². The molecular weight excluding hydrogens is 232 g/mol. The summed E-state index contributed by atoms with van der Waals surface area (Å²) in [6.45, 7) is 9.31. The number of fused-ring (bicyclic) bond motifs is 1. The Morgan fingerprint density at radius 3 is 2.68 bits per heavy atom. The van der Waals surface area contributed by atoms with Gasteiger partial charge in [-0.25, -0.2) is 0 Å². The van der Waals surface area contributed by atoms with Gasteiger partial charge in [0.15, 0.2) is 0 Å². The molecule has 1 aromatic carbocycles. The van der Waals surface area contributed by atoms with Crippen molar-refractivity contribution in [2.24, 2.45) is 5.92 Å². The summed E-state index contributed by atoms with van der Waals surface area (Å²) in [5.41, 5.74) is 5.93. The number of aliphatic hydroxyl groups is 1. The SMILES string of the molecule is Cc1ccc2c(c1CCC(C)C)CCC[C@]2(C)CO. The predicted molar refractivity (Wildman–Crippen MR) is 81.7 cm³/mol. The molecule has 0 bridgehead atoms. The smallest absolute Gasteiger partial charge is 0.0525 e. The maximum Gasteiger partial charge on any atom is 0.0525 e. The number of aryl methyl sites for hydroxylation is 1. The van der Waals surface area contributed by atoms with E-state index in [1.165, 1.54) is 36.8 Å². The fourth-order valence-corrected chi connectivity index (χ4v) is 3.40. The summed E-state index contributed by atoms with van der Waals surface area (Å²) in [6.07, 6.45) is 5.96. The van der Waals surface area contributed by atoms with Gasteiger partial charge in [-0.3, -0.25) is 0 Å². The zero-order valence-corrected chi connectivity index (χ0v) is 12.9. The molecular formula is C18H28O. The molecule has 19 heavy (non-hydrogen) atoms. The van der Waals surface area contributed by atoms with Crippen LogP contribution >= 0.6 is 0 Å². The van der Waals surface area contributed by atoms with E-state index < -0.39 is 0 Å². The Morgan fingerprint density at radius 2 is 2.05 bits per heavy atom. The van der Waals surface area contributed by atoms with E-state index in [2.05, 4.69) is 39.8 Å². The summed E-state index contributed by atoms with van der Waals surface area (Å²) in [5, 5.41) is 9.78. The largest absolute Gasteiger partial charge is 0.395 e. The van der Waals surface area contributed by atoms with E-state index in [-0.39, 0.29) is 12.0 Å². The van der Waals surface area contributed by atoms with Crippen molar-refractivity contribution in [3.63, 3.8) is 0 Å². The first-order valence-corrected chi connectivity index (χ1v) is 7.70. The Morgan fingerprint density at radius 1 is 1.32 bits per heavy atom. The molecule has 0 radical (unpaired) electrons. The fourth-order valence-electron chi connectivity index (χ4n) is 3.40. The number of rotatable bonds is 4. The zero-order chi connectivity index (χ0) is 14.0. The third kappa shape index (κ3) is 2.86. The summed E-state index contributed by atoms with van der Waals surface area (Å²) in [4.78, 5) is 0. The van der Waals surface area contributed by atoms with E-state index >= 15 is 0 Å². The molecule has 1 heteroatoms. The molecule has 106 valence electrons. The second-order valence-electron chi connectivity index (χ2n) is 6.89. The number of hydrogen-bond donors (Lipinski definition) is 1. The Bertz CT molecular complexity index is 447. The highest BCUT2D eigenvalue weighted by Gasteiger charge is 2.32. The molecule has 1 aliphatic carbocycles. The Kier molecular flexibility index (Phi) is 4.35. The van der Waals surface area contributed by atoms with Crippen LogP contribution in [0.1, 0.15) is 62.3 Å². The lowest BCUT2D eigenvalue weighted by Gasteiger charge is -2.36. The van der Waals surface area contributed by atoms with Crippen LogP contribution in [0.3, 0.4) is 0 Å². The number of benzene rings is 1. The Balaban J connectivity index is 2.41. The van der Waals surface area contributed by atoms with Crippen LogP contribution in [0.15, 0.2) is 12.1 Å². The van der Waals surface area contributed by atoms with Gasteiger partial charge in [0.25, 0.3) is 0 Å². The highest BCUT2D eigenvalue weighted by atomic mass is 16.3. The van der Waals surface area contributed by atoms with Crippen molar-refractivity contribution in [2.75, 3.05) is 6.61 Å². The van der Waals surface area contributed by atoms with Crippen molar-refractivity contribution in [3.8, 4) is 0 Å². The molecule has 1 N–H and O–H groups in total. The van der Waals surface area contributed by atoms with Crippen LogP contribution in [0.4, 0.5) is 0 Å². The van der Waals surface area contributed by atoms with Gasteiger partial charge in [0.05, 0.1) is 6.61 Å². The van der Waals surface area contributed by atoms with Crippen molar-refractivity contribution >= 4 is 0 Å². The van der Waals surface area contributed by atoms with Crippen LogP contribution in [0.25, 0.3) is 0 Å². The van der Waals surface area contributed by atoms with Gasteiger partial charge in [0.2, 0.25) is 0 Å². The van der Waals surface area contributed by atoms with E-state index in [1.807, 2.05) is 0 Å². The monoisotopic (exact) mass is 260 g/mol. The summed E-state index contributed by atoms with van der Waals surface area (Å²) >= 11 is 0. The molecule has 0 saturated carbocycles. The Labute approximate surface area is 118 Å². The normalized spacial score (nSPS) is 22.6. The van der Waals surface area contributed by atoms with Gasteiger partial charge in [-0.05, 0) is 67.2 Å². The molecule has 0 spiro atoms. The molecule has 1 aliphatic rings. The molecule has 0 unspecified atom stereocenters. The molecule has 2 rings (SSSR count). The first-order valence-electron chi connectivity index (χ1n) is 7.70. The third-order valence-corrected chi connectivity index (χ3v) is 4.79. The molecule has 1 aromatic rings. The van der Waals surface area contributed by atoms with Gasteiger partial charge in [-0.2, -0.15) is 0 Å². The zero-order valence-electron chi connectivity index (χ0n) is 12.9. The van der Waals surface area contributed by atoms with Gasteiger partial charge >= 0.3 is 0 Å². The molecule has 0 amide bonds. The van der Waals surface area contributed by atoms with Crippen LogP contribution in [0, 0.1) is 12.8 Å². The van der Waals surface area contributed by atoms with Gasteiger partial charge in [0, 0.05) is 5.41 Å². The maximum absolute atomic E-state index is 9.78. The minimum Gasteiger partial charge on any atom is -0.395 e. The molecule has 0 saturated heterocycles. The molecule has 0 aromatic heterocycles. The topological polar surface area (TPSA) is 20.2 Å². The average molecular weight is 260 g/mol. The molecule has 0 heterocycles. The average Bonchev–Trinajstić information content (AvgIpc) is 2.37. The summed E-state index contributed by atoms with van der Waals surface area (Å²) < 4.78 is 0. The van der Waals surface area contributed by atoms with Crippen LogP contribution in [0.5, 0.6) is 0 Å². The first-order chi connectivity index (χ1) is 8.98. The molecule has 0 fully saturated rings. The van der Waals surface area contributed by atoms with Gasteiger partial charge in [0.1, 0.15) is 0 Å². The second kappa shape index (κ2) is 5.66. The van der Waals surface area contributed by atoms with E-state index in [9.17, 15) is 5.11 Å². The van der Waals surface area contributed by atoms with Crippen molar-refractivity contribution in [2.45, 2.75) is 65.2 Å². The lowest BCUT2D eigenvalue weighted by atomic mass is 9.70. The van der Waals surface area contributed by atoms with Crippen molar-refractivity contribution in [3.05, 3.63) is 34.4 Å². The van der Waals surface area contributed by atoms with Crippen LogP contribution in [0.2, 0.25) is 0 Å². The molecule has 0 aliphatic heterocycles. The van der Waals surface area contributed by atoms with E-state index in [0.29, 0.717) is 0 Å². The van der Waals surface area contributed by atoms with Crippen LogP contribution < -0.4 is 0 Å². The second-order valence-corrected chi connectivity index (χ2v) is 6.89. The van der Waals surface area contributed by atoms with Crippen LogP contribution in [-0.4, -0.2) is 11.7 Å². The van der Waals surface area contributed by atoms with Crippen molar-refractivity contribution in [1.29, 1.82) is 0 Å². The summed E-state index contributed by atoms with van der Waals surface area (Å²) in [6, 6.07) is 4.52. The summed E-state index contributed by atoms with van der Waals surface area (Å²) in [5.74, 6) is 0.753. The van der Waals surface area contributed by atoms with Gasteiger partial charge < -0.3 is 5.11 Å². The van der Waals surface area contributed by atoms with E-state index in [4.69, 9.17) is 0 Å². The van der Waals surface area contributed by atoms with Gasteiger partial charge in [-0.1, -0.05) is 32.9 Å². The van der Waals surface area contributed by atoms with Gasteiger partial charge in [-0.15, -0.1) is 0 Å². The highest BCUT2D eigenvalue weighted by molar-refractivity contribution is 5.46. The van der Waals surface area contributed by atoms with E-state index in [0.717, 1.165) is 12.3 Å². The fraction of sp³-hybridized carbons (Fsp3) is 0.667. The molecule has 1 nitrogen and oxygen atoms in total. The van der Waals surface area contributed by atoms with E-state index in [1.54, 1.807) is 11.1 Å². The number of aliphatic hydroxyl groups excluding tert-OH is 1. The quantitative estimate of drug-likeness (QED) is 0.861. The Hall–Kier alpha value is -0.820. The minimum absolute atomic E-state index is 0.0200. The lowest BCUT2D eigenvalue weighted by Crippen LogP contribution is -2.32. The maximum atomic E-state index is 9.78. The van der Waals surface area contributed by atoms with Crippen LogP contribution in [-0.2, 0) is 18.3 Å². The lowest BCUT2D eigenvalue weighted by molar-refractivity contribution is 0.188. The first kappa shape index (κ1) is 14.6. The third-order valence-electron chi connectivity index (χ3n) is 4.79. The predicted octanol–water partition coefficient (Wildman–Crippen LogP) is 4.17. The standard InChI is InChI=1S/C18H28O/c1-13(2)7-9-15-14(3)8-10-17-16(15)6-5-11-18(17,4)12-19/h8,10,13,19H,5-7,9,11-12H2,1-4H3/t18-/m1/s1. The molecule has 1 atom stereocenters. The summed E-state index contributed by atoms with van der Waals surface area (Å²) in [7, 11) is 0. The minimum atomic E-state index is -0.0200. The highest BCUT2D eigenvalue weighted by Crippen LogP contribution is 2.39. The number of hydrogen-bond acceptors (Lipinski definition) is 1. The van der Waals surface area contributed by atoms with Crippen molar-refractivity contribution in [1.82, 2.24) is 0 Å².